The Morgan fingerprint density at radius 2 is 2.00 bits per heavy atom. The summed E-state index contributed by atoms with van der Waals surface area (Å²) in [6.45, 7) is 2.51. The fourth-order valence-electron chi connectivity index (χ4n) is 2.83. The minimum absolute atomic E-state index is 0.0161. The van der Waals surface area contributed by atoms with Crippen LogP contribution in [0.1, 0.15) is 6.92 Å². The molecule has 1 N–H and O–H groups in total. The lowest BCUT2D eigenvalue weighted by Crippen LogP contribution is -2.38. The lowest BCUT2D eigenvalue weighted by molar-refractivity contribution is 0.210. The van der Waals surface area contributed by atoms with Gasteiger partial charge < -0.3 is 14.6 Å². The highest BCUT2D eigenvalue weighted by Crippen LogP contribution is 2.22. The Morgan fingerprint density at radius 1 is 1.25 bits per heavy atom. The summed E-state index contributed by atoms with van der Waals surface area (Å²) in [5.74, 6) is 0.848. The van der Waals surface area contributed by atoms with E-state index in [1.807, 2.05) is 31.2 Å². The molecule has 1 fully saturated rings. The molecule has 1 aromatic carbocycles. The fourth-order valence-corrected chi connectivity index (χ4v) is 4.47. The number of nitrogens with one attached hydrogen (secondary N) is 1. The van der Waals surface area contributed by atoms with E-state index in [4.69, 9.17) is 4.42 Å². The molecule has 7 heteroatoms. The van der Waals surface area contributed by atoms with Crippen molar-refractivity contribution in [2.45, 2.75) is 6.92 Å². The second kappa shape index (κ2) is 6.68. The molecular weight excluding hydrogens is 328 g/mol. The molecule has 0 spiro atoms. The van der Waals surface area contributed by atoms with Gasteiger partial charge in [0, 0.05) is 24.3 Å². The number of benzene rings is 1. The van der Waals surface area contributed by atoms with E-state index in [-0.39, 0.29) is 30.0 Å². The molecule has 2 heterocycles. The van der Waals surface area contributed by atoms with Crippen molar-refractivity contribution in [1.82, 2.24) is 4.90 Å². The molecule has 0 radical (unpaired) electrons. The van der Waals surface area contributed by atoms with Crippen LogP contribution in [-0.4, -0.2) is 43.9 Å². The smallest absolute Gasteiger partial charge is 0.321 e. The first kappa shape index (κ1) is 16.6. The average molecular weight is 348 g/mol. The largest absolute Gasteiger partial charge is 0.464 e. The normalized spacial score (nSPS) is 20.4. The molecule has 0 bridgehead atoms. The summed E-state index contributed by atoms with van der Waals surface area (Å²) < 4.78 is 28.9. The lowest BCUT2D eigenvalue weighted by atomic mass is 10.1. The van der Waals surface area contributed by atoms with Gasteiger partial charge in [0.25, 0.3) is 0 Å². The molecule has 0 aliphatic carbocycles. The van der Waals surface area contributed by atoms with Crippen LogP contribution in [0.15, 0.2) is 47.1 Å². The second-order valence-electron chi connectivity index (χ2n) is 6.15. The highest BCUT2D eigenvalue weighted by molar-refractivity contribution is 7.91. The van der Waals surface area contributed by atoms with Gasteiger partial charge in [0.2, 0.25) is 0 Å². The van der Waals surface area contributed by atoms with E-state index in [0.29, 0.717) is 12.2 Å². The van der Waals surface area contributed by atoms with Crippen molar-refractivity contribution < 1.29 is 17.6 Å². The van der Waals surface area contributed by atoms with Gasteiger partial charge in [0.1, 0.15) is 5.76 Å². The SMILES string of the molecule is CC1CN(C(=O)Nc2ccc(-c3ccco3)cc2)CCS(=O)(=O)C1. The number of carbonyl (C=O) groups is 1. The van der Waals surface area contributed by atoms with Gasteiger partial charge >= 0.3 is 6.03 Å². The third kappa shape index (κ3) is 3.97. The minimum Gasteiger partial charge on any atom is -0.464 e. The summed E-state index contributed by atoms with van der Waals surface area (Å²) in [6, 6.07) is 10.7. The third-order valence-electron chi connectivity index (χ3n) is 3.97. The Morgan fingerprint density at radius 3 is 2.67 bits per heavy atom. The maximum atomic E-state index is 12.4. The van der Waals surface area contributed by atoms with E-state index in [1.54, 1.807) is 23.3 Å². The molecule has 1 saturated heterocycles. The van der Waals surface area contributed by atoms with E-state index >= 15 is 0 Å². The first-order valence-electron chi connectivity index (χ1n) is 7.83. The zero-order chi connectivity index (χ0) is 17.2. The fraction of sp³-hybridized carbons (Fsp3) is 0.353. The maximum Gasteiger partial charge on any atom is 0.321 e. The molecule has 0 saturated carbocycles. The molecule has 2 amide bonds. The molecule has 2 aromatic rings. The highest BCUT2D eigenvalue weighted by Gasteiger charge is 2.26. The number of anilines is 1. The van der Waals surface area contributed by atoms with Gasteiger partial charge in [0.05, 0.1) is 17.8 Å². The summed E-state index contributed by atoms with van der Waals surface area (Å²) in [7, 11) is -3.07. The van der Waals surface area contributed by atoms with E-state index in [9.17, 15) is 13.2 Å². The Kier molecular flexibility index (Phi) is 4.62. The van der Waals surface area contributed by atoms with Crippen LogP contribution in [-0.2, 0) is 9.84 Å². The van der Waals surface area contributed by atoms with Crippen molar-refractivity contribution >= 4 is 21.6 Å². The first-order chi connectivity index (χ1) is 11.4. The van der Waals surface area contributed by atoms with Crippen molar-refractivity contribution in [3.05, 3.63) is 42.7 Å². The molecule has 3 rings (SSSR count). The van der Waals surface area contributed by atoms with Gasteiger partial charge in [-0.25, -0.2) is 13.2 Å². The minimum atomic E-state index is -3.07. The van der Waals surface area contributed by atoms with Gasteiger partial charge in [0.15, 0.2) is 9.84 Å². The van der Waals surface area contributed by atoms with Gasteiger partial charge in [-0.3, -0.25) is 0 Å². The Labute approximate surface area is 141 Å². The molecule has 128 valence electrons. The number of hydrogen-bond acceptors (Lipinski definition) is 4. The molecule has 1 unspecified atom stereocenters. The monoisotopic (exact) mass is 348 g/mol. The average Bonchev–Trinajstić information content (AvgIpc) is 3.01. The van der Waals surface area contributed by atoms with Crippen molar-refractivity contribution in [1.29, 1.82) is 0 Å². The van der Waals surface area contributed by atoms with Crippen molar-refractivity contribution in [2.24, 2.45) is 5.92 Å². The number of sulfone groups is 1. The van der Waals surface area contributed by atoms with E-state index in [0.717, 1.165) is 11.3 Å². The standard InChI is InChI=1S/C17H20N2O4S/c1-13-11-19(8-10-24(21,22)12-13)17(20)18-15-6-4-14(5-7-15)16-3-2-9-23-16/h2-7,9,13H,8,10-12H2,1H3,(H,18,20). The number of nitrogens with zero attached hydrogens (tertiary/aromatic N) is 1. The number of urea groups is 1. The second-order valence-corrected chi connectivity index (χ2v) is 8.38. The summed E-state index contributed by atoms with van der Waals surface area (Å²) in [5, 5.41) is 2.82. The summed E-state index contributed by atoms with van der Waals surface area (Å²) in [6.07, 6.45) is 1.61. The summed E-state index contributed by atoms with van der Waals surface area (Å²) in [4.78, 5) is 14.0. The van der Waals surface area contributed by atoms with Crippen LogP contribution in [0.2, 0.25) is 0 Å². The number of amides is 2. The Balaban J connectivity index is 1.66. The molecule has 1 aliphatic rings. The Bertz CT molecular complexity index is 798. The number of rotatable bonds is 2. The molecule has 24 heavy (non-hydrogen) atoms. The van der Waals surface area contributed by atoms with Crippen LogP contribution in [0.3, 0.4) is 0 Å². The zero-order valence-corrected chi connectivity index (χ0v) is 14.3. The topological polar surface area (TPSA) is 79.6 Å². The Hall–Kier alpha value is -2.28. The third-order valence-corrected chi connectivity index (χ3v) is 5.85. The maximum absolute atomic E-state index is 12.4. The summed E-state index contributed by atoms with van der Waals surface area (Å²) >= 11 is 0. The van der Waals surface area contributed by atoms with Crippen molar-refractivity contribution in [2.75, 3.05) is 29.9 Å². The van der Waals surface area contributed by atoms with Crippen molar-refractivity contribution in [3.63, 3.8) is 0 Å². The van der Waals surface area contributed by atoms with Crippen LogP contribution in [0.5, 0.6) is 0 Å². The molecule has 1 atom stereocenters. The quantitative estimate of drug-likeness (QED) is 0.905. The number of hydrogen-bond donors (Lipinski definition) is 1. The van der Waals surface area contributed by atoms with Gasteiger partial charge in [-0.2, -0.15) is 0 Å². The van der Waals surface area contributed by atoms with E-state index in [1.165, 1.54) is 0 Å². The first-order valence-corrected chi connectivity index (χ1v) is 9.65. The van der Waals surface area contributed by atoms with Gasteiger partial charge in [-0.05, 0) is 42.3 Å². The molecule has 1 aliphatic heterocycles. The van der Waals surface area contributed by atoms with Gasteiger partial charge in [-0.1, -0.05) is 6.92 Å². The molecule has 1 aromatic heterocycles. The van der Waals surface area contributed by atoms with E-state index in [2.05, 4.69) is 5.32 Å². The lowest BCUT2D eigenvalue weighted by Gasteiger charge is -2.22. The predicted molar refractivity (Wildman–Crippen MR) is 92.6 cm³/mol. The van der Waals surface area contributed by atoms with Crippen LogP contribution in [0.4, 0.5) is 10.5 Å². The van der Waals surface area contributed by atoms with Crippen LogP contribution in [0.25, 0.3) is 11.3 Å². The number of carbonyl (C=O) groups excluding carboxylic acids is 1. The van der Waals surface area contributed by atoms with Crippen LogP contribution >= 0.6 is 0 Å². The number of furan rings is 1. The molecule has 6 nitrogen and oxygen atoms in total. The van der Waals surface area contributed by atoms with Gasteiger partial charge in [-0.15, -0.1) is 0 Å². The van der Waals surface area contributed by atoms with Crippen LogP contribution in [0, 0.1) is 5.92 Å². The highest BCUT2D eigenvalue weighted by atomic mass is 32.2. The molecular formula is C17H20N2O4S. The summed E-state index contributed by atoms with van der Waals surface area (Å²) in [5.41, 5.74) is 1.59. The zero-order valence-electron chi connectivity index (χ0n) is 13.4. The predicted octanol–water partition coefficient (Wildman–Crippen LogP) is 2.85. The van der Waals surface area contributed by atoms with Crippen LogP contribution < -0.4 is 5.32 Å². The van der Waals surface area contributed by atoms with Crippen molar-refractivity contribution in [3.8, 4) is 11.3 Å². The van der Waals surface area contributed by atoms with E-state index < -0.39 is 9.84 Å².